The van der Waals surface area contributed by atoms with Gasteiger partial charge in [0.1, 0.15) is 23.7 Å². The molecule has 0 unspecified atom stereocenters. The van der Waals surface area contributed by atoms with Gasteiger partial charge in [0.05, 0.1) is 31.7 Å². The van der Waals surface area contributed by atoms with E-state index in [0.717, 1.165) is 5.56 Å². The lowest BCUT2D eigenvalue weighted by atomic mass is 9.98. The third-order valence-electron chi connectivity index (χ3n) is 5.51. The smallest absolute Gasteiger partial charge is 0.415 e. The predicted molar refractivity (Wildman–Crippen MR) is 110 cm³/mol. The summed E-state index contributed by atoms with van der Waals surface area (Å²) in [6, 6.07) is 11.6. The number of rotatable bonds is 6. The van der Waals surface area contributed by atoms with Gasteiger partial charge in [-0.2, -0.15) is 0 Å². The highest BCUT2D eigenvalue weighted by atomic mass is 19.1. The van der Waals surface area contributed by atoms with Crippen molar-refractivity contribution in [2.24, 2.45) is 0 Å². The fourth-order valence-corrected chi connectivity index (χ4v) is 4.01. The fraction of sp³-hybridized carbons (Fsp3) is 0.409. The number of halogens is 1. The van der Waals surface area contributed by atoms with Gasteiger partial charge in [0.25, 0.3) is 0 Å². The topological polar surface area (TPSA) is 71.5 Å². The summed E-state index contributed by atoms with van der Waals surface area (Å²) in [5.41, 5.74) is 1.72. The molecule has 0 aromatic heterocycles. The summed E-state index contributed by atoms with van der Waals surface area (Å²) < 4.78 is 31.0. The minimum atomic E-state index is -0.562. The first-order valence-electron chi connectivity index (χ1n) is 9.99. The zero-order valence-corrected chi connectivity index (χ0v) is 16.8. The lowest BCUT2D eigenvalue weighted by Crippen LogP contribution is -2.37. The van der Waals surface area contributed by atoms with Crippen LogP contribution in [-0.4, -0.2) is 57.3 Å². The summed E-state index contributed by atoms with van der Waals surface area (Å²) in [7, 11) is 1.58. The lowest BCUT2D eigenvalue weighted by Gasteiger charge is -2.30. The van der Waals surface area contributed by atoms with Gasteiger partial charge in [-0.1, -0.05) is 12.1 Å². The fourth-order valence-electron chi connectivity index (χ4n) is 4.01. The van der Waals surface area contributed by atoms with Crippen molar-refractivity contribution in [3.05, 3.63) is 53.8 Å². The van der Waals surface area contributed by atoms with Crippen LogP contribution < -0.4 is 14.5 Å². The molecule has 2 aromatic rings. The van der Waals surface area contributed by atoms with Crippen LogP contribution in [0.25, 0.3) is 0 Å². The molecule has 2 saturated heterocycles. The van der Waals surface area contributed by atoms with Crippen LogP contribution in [0, 0.1) is 5.82 Å². The Balaban J connectivity index is 1.67. The monoisotopic (exact) mass is 416 g/mol. The number of methoxy groups -OCH3 is 1. The quantitative estimate of drug-likeness (QED) is 0.780. The van der Waals surface area contributed by atoms with E-state index in [-0.39, 0.29) is 13.0 Å². The number of cyclic esters (lactones) is 1. The van der Waals surface area contributed by atoms with Crippen LogP contribution in [0.5, 0.6) is 5.75 Å². The number of hydrogen-bond donors (Lipinski definition) is 1. The molecule has 2 fully saturated rings. The number of morpholine rings is 1. The second kappa shape index (κ2) is 8.89. The third kappa shape index (κ3) is 3.93. The molecule has 7 nitrogen and oxygen atoms in total. The molecule has 8 heteroatoms. The summed E-state index contributed by atoms with van der Waals surface area (Å²) >= 11 is 0. The summed E-state index contributed by atoms with van der Waals surface area (Å²) in [5.74, 6) is 0.288. The standard InChI is InChI=1S/C22H25FN2O5/c1-28-17-5-2-15(3-6-17)21-20(8-11-26)30-22(27)25(21)16-4-7-19(18(23)14-16)24-9-12-29-13-10-24/h2-7,14,20-21,26H,8-13H2,1H3/t20-,21-/m1/s1. The Morgan fingerprint density at radius 1 is 1.17 bits per heavy atom. The molecule has 4 rings (SSSR count). The van der Waals surface area contributed by atoms with Gasteiger partial charge in [-0.25, -0.2) is 9.18 Å². The van der Waals surface area contributed by atoms with Crippen LogP contribution in [0.15, 0.2) is 42.5 Å². The number of aliphatic hydroxyl groups excluding tert-OH is 1. The van der Waals surface area contributed by atoms with Crippen molar-refractivity contribution in [3.63, 3.8) is 0 Å². The van der Waals surface area contributed by atoms with Crippen LogP contribution in [0.1, 0.15) is 18.0 Å². The van der Waals surface area contributed by atoms with E-state index in [0.29, 0.717) is 43.4 Å². The van der Waals surface area contributed by atoms with Crippen LogP contribution in [-0.2, 0) is 9.47 Å². The molecule has 2 aliphatic heterocycles. The summed E-state index contributed by atoms with van der Waals surface area (Å²) in [5, 5.41) is 9.44. The number of benzene rings is 2. The van der Waals surface area contributed by atoms with Crippen molar-refractivity contribution < 1.29 is 28.5 Å². The normalized spacial score (nSPS) is 21.6. The van der Waals surface area contributed by atoms with Gasteiger partial charge >= 0.3 is 6.09 Å². The predicted octanol–water partition coefficient (Wildman–Crippen LogP) is 3.12. The number of carbonyl (C=O) groups excluding carboxylic acids is 1. The van der Waals surface area contributed by atoms with E-state index >= 15 is 0 Å². The van der Waals surface area contributed by atoms with Crippen LogP contribution in [0.3, 0.4) is 0 Å². The van der Waals surface area contributed by atoms with E-state index in [9.17, 15) is 14.3 Å². The minimum absolute atomic E-state index is 0.122. The number of anilines is 2. The van der Waals surface area contributed by atoms with Gasteiger partial charge in [-0.15, -0.1) is 0 Å². The maximum Gasteiger partial charge on any atom is 0.415 e. The average Bonchev–Trinajstić information content (AvgIpc) is 3.10. The number of amides is 1. The molecule has 1 N–H and O–H groups in total. The molecule has 0 radical (unpaired) electrons. The molecule has 2 aromatic carbocycles. The Morgan fingerprint density at radius 3 is 2.53 bits per heavy atom. The largest absolute Gasteiger partial charge is 0.497 e. The average molecular weight is 416 g/mol. The summed E-state index contributed by atoms with van der Waals surface area (Å²) in [4.78, 5) is 16.1. The van der Waals surface area contributed by atoms with Crippen LogP contribution >= 0.6 is 0 Å². The molecule has 0 aliphatic carbocycles. The maximum absolute atomic E-state index is 15.0. The second-order valence-electron chi connectivity index (χ2n) is 7.26. The Labute approximate surface area is 174 Å². The van der Waals surface area contributed by atoms with E-state index in [1.54, 1.807) is 31.4 Å². The molecule has 0 spiro atoms. The van der Waals surface area contributed by atoms with Gasteiger partial charge in [0, 0.05) is 26.1 Å². The SMILES string of the molecule is COc1ccc([C@@H]2[C@@H](CCO)OC(=O)N2c2ccc(N3CCOCC3)c(F)c2)cc1. The van der Waals surface area contributed by atoms with Gasteiger partial charge < -0.3 is 24.2 Å². The first kappa shape index (κ1) is 20.4. The zero-order chi connectivity index (χ0) is 21.1. The molecule has 30 heavy (non-hydrogen) atoms. The van der Waals surface area contributed by atoms with Crippen molar-refractivity contribution in [2.45, 2.75) is 18.6 Å². The number of aliphatic hydroxyl groups is 1. The molecular weight excluding hydrogens is 391 g/mol. The van der Waals surface area contributed by atoms with Crippen molar-refractivity contribution >= 4 is 17.5 Å². The molecule has 0 saturated carbocycles. The number of ether oxygens (including phenoxy) is 3. The summed E-state index contributed by atoms with van der Waals surface area (Å²) in [6.45, 7) is 2.23. The van der Waals surface area contributed by atoms with Crippen molar-refractivity contribution in [1.82, 2.24) is 0 Å². The van der Waals surface area contributed by atoms with E-state index in [1.807, 2.05) is 17.0 Å². The lowest BCUT2D eigenvalue weighted by molar-refractivity contribution is 0.110. The Bertz CT molecular complexity index is 886. The number of carbonyl (C=O) groups is 1. The Morgan fingerprint density at radius 2 is 1.90 bits per heavy atom. The molecule has 2 aliphatic rings. The number of nitrogens with zero attached hydrogens (tertiary/aromatic N) is 2. The third-order valence-corrected chi connectivity index (χ3v) is 5.51. The Hall–Kier alpha value is -2.84. The van der Waals surface area contributed by atoms with E-state index in [1.165, 1.54) is 11.0 Å². The Kier molecular flexibility index (Phi) is 6.06. The zero-order valence-electron chi connectivity index (χ0n) is 16.8. The van der Waals surface area contributed by atoms with E-state index in [2.05, 4.69) is 0 Å². The second-order valence-corrected chi connectivity index (χ2v) is 7.26. The molecule has 0 bridgehead atoms. The molecule has 2 heterocycles. The number of hydrogen-bond acceptors (Lipinski definition) is 6. The highest BCUT2D eigenvalue weighted by molar-refractivity contribution is 5.91. The van der Waals surface area contributed by atoms with Crippen LogP contribution in [0.4, 0.5) is 20.6 Å². The highest BCUT2D eigenvalue weighted by Gasteiger charge is 2.43. The first-order valence-corrected chi connectivity index (χ1v) is 9.99. The maximum atomic E-state index is 15.0. The van der Waals surface area contributed by atoms with Gasteiger partial charge in [0.15, 0.2) is 0 Å². The van der Waals surface area contributed by atoms with E-state index < -0.39 is 24.1 Å². The minimum Gasteiger partial charge on any atom is -0.497 e. The molecule has 1 amide bonds. The van der Waals surface area contributed by atoms with Gasteiger partial charge in [-0.3, -0.25) is 4.90 Å². The van der Waals surface area contributed by atoms with Gasteiger partial charge in [0.2, 0.25) is 0 Å². The van der Waals surface area contributed by atoms with Crippen molar-refractivity contribution in [3.8, 4) is 5.75 Å². The van der Waals surface area contributed by atoms with Crippen molar-refractivity contribution in [2.75, 3.05) is 49.8 Å². The van der Waals surface area contributed by atoms with E-state index in [4.69, 9.17) is 14.2 Å². The first-order chi connectivity index (χ1) is 14.6. The molecule has 160 valence electrons. The molecule has 2 atom stereocenters. The van der Waals surface area contributed by atoms with Gasteiger partial charge in [-0.05, 0) is 35.9 Å². The highest BCUT2D eigenvalue weighted by Crippen LogP contribution is 2.40. The van der Waals surface area contributed by atoms with Crippen molar-refractivity contribution in [1.29, 1.82) is 0 Å². The molecular formula is C22H25FN2O5. The summed E-state index contributed by atoms with van der Waals surface area (Å²) in [6.07, 6.45) is -0.821. The van der Waals surface area contributed by atoms with Crippen LogP contribution in [0.2, 0.25) is 0 Å².